The minimum absolute atomic E-state index is 0.179. The van der Waals surface area contributed by atoms with Crippen LogP contribution in [0.1, 0.15) is 25.0 Å². The van der Waals surface area contributed by atoms with E-state index in [2.05, 4.69) is 0 Å². The summed E-state index contributed by atoms with van der Waals surface area (Å²) in [6.07, 6.45) is 1.37. The van der Waals surface area contributed by atoms with Gasteiger partial charge in [0.25, 0.3) is 0 Å². The molecule has 0 aliphatic heterocycles. The molecule has 1 rings (SSSR count). The predicted octanol–water partition coefficient (Wildman–Crippen LogP) is 3.38. The van der Waals surface area contributed by atoms with Gasteiger partial charge in [-0.15, -0.1) is 0 Å². The molecule has 0 aliphatic rings. The molecule has 0 saturated heterocycles. The SMILES string of the molecule is CCOP(=O)(C/C(=C\c1ccc(C#N)cc1)C(=O)OC)OCC. The molecular formula is C16H20NO5P. The molecule has 0 bridgehead atoms. The summed E-state index contributed by atoms with van der Waals surface area (Å²) in [5.74, 6) is -0.603. The molecular weight excluding hydrogens is 317 g/mol. The fraction of sp³-hybridized carbons (Fsp3) is 0.375. The molecule has 124 valence electrons. The van der Waals surface area contributed by atoms with Gasteiger partial charge in [0.2, 0.25) is 0 Å². The summed E-state index contributed by atoms with van der Waals surface area (Å²) in [5.41, 5.74) is 1.38. The maximum Gasteiger partial charge on any atom is 0.335 e. The van der Waals surface area contributed by atoms with Crippen molar-refractivity contribution in [3.63, 3.8) is 0 Å². The van der Waals surface area contributed by atoms with Gasteiger partial charge in [0.05, 0.1) is 38.1 Å². The van der Waals surface area contributed by atoms with Crippen LogP contribution in [0.3, 0.4) is 0 Å². The second-order valence-electron chi connectivity index (χ2n) is 4.50. The van der Waals surface area contributed by atoms with E-state index in [1.165, 1.54) is 7.11 Å². The maximum absolute atomic E-state index is 12.6. The largest absolute Gasteiger partial charge is 0.466 e. The van der Waals surface area contributed by atoms with E-state index in [0.29, 0.717) is 11.1 Å². The lowest BCUT2D eigenvalue weighted by atomic mass is 10.1. The van der Waals surface area contributed by atoms with Gasteiger partial charge < -0.3 is 13.8 Å². The maximum atomic E-state index is 12.6. The van der Waals surface area contributed by atoms with Gasteiger partial charge >= 0.3 is 13.6 Å². The monoisotopic (exact) mass is 337 g/mol. The fourth-order valence-corrected chi connectivity index (χ4v) is 3.57. The average Bonchev–Trinajstić information content (AvgIpc) is 2.54. The molecule has 0 aliphatic carbocycles. The minimum atomic E-state index is -3.42. The van der Waals surface area contributed by atoms with Crippen LogP contribution < -0.4 is 0 Å². The molecule has 0 amide bonds. The number of methoxy groups -OCH3 is 1. The highest BCUT2D eigenvalue weighted by molar-refractivity contribution is 7.54. The highest BCUT2D eigenvalue weighted by Crippen LogP contribution is 2.49. The van der Waals surface area contributed by atoms with Crippen LogP contribution in [0.4, 0.5) is 0 Å². The van der Waals surface area contributed by atoms with Crippen molar-refractivity contribution in [2.45, 2.75) is 13.8 Å². The lowest BCUT2D eigenvalue weighted by Gasteiger charge is -2.17. The van der Waals surface area contributed by atoms with Crippen molar-refractivity contribution in [3.8, 4) is 6.07 Å². The molecule has 0 atom stereocenters. The van der Waals surface area contributed by atoms with Crippen LogP contribution >= 0.6 is 7.60 Å². The van der Waals surface area contributed by atoms with Crippen molar-refractivity contribution in [2.75, 3.05) is 26.5 Å². The Morgan fingerprint density at radius 1 is 1.22 bits per heavy atom. The molecule has 1 aromatic rings. The number of rotatable bonds is 8. The van der Waals surface area contributed by atoms with Crippen LogP contribution in [-0.4, -0.2) is 32.5 Å². The number of hydrogen-bond acceptors (Lipinski definition) is 6. The van der Waals surface area contributed by atoms with Crippen LogP contribution in [-0.2, 0) is 23.1 Å². The van der Waals surface area contributed by atoms with E-state index < -0.39 is 13.6 Å². The van der Waals surface area contributed by atoms with Gasteiger partial charge in [-0.2, -0.15) is 5.26 Å². The summed E-state index contributed by atoms with van der Waals surface area (Å²) in [6.45, 7) is 3.83. The van der Waals surface area contributed by atoms with E-state index in [0.717, 1.165) is 0 Å². The van der Waals surface area contributed by atoms with Crippen LogP contribution in [0, 0.1) is 11.3 Å². The number of benzene rings is 1. The smallest absolute Gasteiger partial charge is 0.335 e. The Labute approximate surface area is 136 Å². The summed E-state index contributed by atoms with van der Waals surface area (Å²) in [7, 11) is -2.17. The van der Waals surface area contributed by atoms with E-state index in [4.69, 9.17) is 19.0 Å². The third kappa shape index (κ3) is 5.99. The zero-order valence-electron chi connectivity index (χ0n) is 13.4. The summed E-state index contributed by atoms with van der Waals surface area (Å²) < 4.78 is 27.8. The van der Waals surface area contributed by atoms with E-state index in [9.17, 15) is 9.36 Å². The van der Waals surface area contributed by atoms with Gasteiger partial charge in [0.1, 0.15) is 0 Å². The Morgan fingerprint density at radius 3 is 2.22 bits per heavy atom. The van der Waals surface area contributed by atoms with Gasteiger partial charge in [-0.25, -0.2) is 4.79 Å². The van der Waals surface area contributed by atoms with Crippen LogP contribution in [0.15, 0.2) is 29.8 Å². The second-order valence-corrected chi connectivity index (χ2v) is 6.55. The highest BCUT2D eigenvalue weighted by Gasteiger charge is 2.28. The Balaban J connectivity index is 3.12. The molecule has 7 heteroatoms. The standard InChI is InChI=1S/C16H20NO5P/c1-4-21-23(19,22-5-2)12-15(16(18)20-3)10-13-6-8-14(11-17)9-7-13/h6-10H,4-5,12H2,1-3H3/b15-10+. The van der Waals surface area contributed by atoms with E-state index in [1.54, 1.807) is 44.2 Å². The van der Waals surface area contributed by atoms with Crippen molar-refractivity contribution < 1.29 is 23.1 Å². The van der Waals surface area contributed by atoms with Crippen molar-refractivity contribution in [1.82, 2.24) is 0 Å². The number of nitriles is 1. The van der Waals surface area contributed by atoms with E-state index in [1.807, 2.05) is 6.07 Å². The molecule has 0 saturated carbocycles. The van der Waals surface area contributed by atoms with Crippen molar-refractivity contribution in [1.29, 1.82) is 5.26 Å². The molecule has 6 nitrogen and oxygen atoms in total. The summed E-state index contributed by atoms with van der Waals surface area (Å²) in [4.78, 5) is 12.0. The Bertz CT molecular complexity index is 635. The first-order chi connectivity index (χ1) is 11.0. The Hall–Kier alpha value is -1.93. The first-order valence-electron chi connectivity index (χ1n) is 7.15. The highest BCUT2D eigenvalue weighted by atomic mass is 31.2. The Morgan fingerprint density at radius 2 is 1.78 bits per heavy atom. The van der Waals surface area contributed by atoms with Gasteiger partial charge in [-0.05, 0) is 37.6 Å². The van der Waals surface area contributed by atoms with Gasteiger partial charge in [-0.3, -0.25) is 4.57 Å². The predicted molar refractivity (Wildman–Crippen MR) is 86.9 cm³/mol. The van der Waals surface area contributed by atoms with E-state index in [-0.39, 0.29) is 24.9 Å². The zero-order valence-corrected chi connectivity index (χ0v) is 14.3. The molecule has 0 aromatic heterocycles. The first-order valence-corrected chi connectivity index (χ1v) is 8.88. The number of carbonyl (C=O) groups excluding carboxylic acids is 1. The normalized spacial score (nSPS) is 11.8. The molecule has 0 fully saturated rings. The minimum Gasteiger partial charge on any atom is -0.466 e. The first kappa shape index (κ1) is 19.1. The second kappa shape index (κ2) is 9.26. The van der Waals surface area contributed by atoms with Crippen molar-refractivity contribution in [3.05, 3.63) is 41.0 Å². The molecule has 0 unspecified atom stereocenters. The average molecular weight is 337 g/mol. The zero-order chi connectivity index (χ0) is 17.3. The number of carbonyl (C=O) groups is 1. The van der Waals surface area contributed by atoms with Crippen molar-refractivity contribution in [2.24, 2.45) is 0 Å². The fourth-order valence-electron chi connectivity index (χ4n) is 1.89. The van der Waals surface area contributed by atoms with Gasteiger partial charge in [0.15, 0.2) is 0 Å². The third-order valence-electron chi connectivity index (χ3n) is 2.84. The molecule has 23 heavy (non-hydrogen) atoms. The van der Waals surface area contributed by atoms with Crippen molar-refractivity contribution >= 4 is 19.6 Å². The lowest BCUT2D eigenvalue weighted by molar-refractivity contribution is -0.135. The van der Waals surface area contributed by atoms with E-state index >= 15 is 0 Å². The number of ether oxygens (including phenoxy) is 1. The molecule has 0 heterocycles. The molecule has 0 radical (unpaired) electrons. The summed E-state index contributed by atoms with van der Waals surface area (Å²) >= 11 is 0. The lowest BCUT2D eigenvalue weighted by Crippen LogP contribution is -2.11. The summed E-state index contributed by atoms with van der Waals surface area (Å²) in [5, 5.41) is 8.80. The van der Waals surface area contributed by atoms with Crippen LogP contribution in [0.25, 0.3) is 6.08 Å². The Kier molecular flexibility index (Phi) is 7.70. The number of nitrogens with zero attached hydrogens (tertiary/aromatic N) is 1. The topological polar surface area (TPSA) is 85.6 Å². The number of esters is 1. The number of hydrogen-bond donors (Lipinski definition) is 0. The van der Waals surface area contributed by atoms with Gasteiger partial charge in [-0.1, -0.05) is 12.1 Å². The quantitative estimate of drug-likeness (QED) is 0.411. The molecule has 0 spiro atoms. The van der Waals surface area contributed by atoms with Crippen LogP contribution in [0.2, 0.25) is 0 Å². The summed E-state index contributed by atoms with van der Waals surface area (Å²) in [6, 6.07) is 8.65. The van der Waals surface area contributed by atoms with Crippen LogP contribution in [0.5, 0.6) is 0 Å². The molecule has 1 aromatic carbocycles. The van der Waals surface area contributed by atoms with Gasteiger partial charge in [0, 0.05) is 5.57 Å². The molecule has 0 N–H and O–H groups in total. The third-order valence-corrected chi connectivity index (χ3v) is 4.88.